The van der Waals surface area contributed by atoms with Crippen LogP contribution in [0.3, 0.4) is 0 Å². The molecule has 0 aliphatic carbocycles. The van der Waals surface area contributed by atoms with Gasteiger partial charge in [0.1, 0.15) is 0 Å². The van der Waals surface area contributed by atoms with Crippen molar-refractivity contribution in [3.63, 3.8) is 0 Å². The van der Waals surface area contributed by atoms with Gasteiger partial charge in [0.25, 0.3) is 0 Å². The normalized spacial score (nSPS) is 16.3. The zero-order valence-corrected chi connectivity index (χ0v) is 11.6. The lowest BCUT2D eigenvalue weighted by Crippen LogP contribution is -2.46. The molecule has 0 unspecified atom stereocenters. The summed E-state index contributed by atoms with van der Waals surface area (Å²) in [4.78, 5) is 9.01. The summed E-state index contributed by atoms with van der Waals surface area (Å²) in [6.45, 7) is 5.23. The molecule has 0 amide bonds. The van der Waals surface area contributed by atoms with Gasteiger partial charge < -0.3 is 10.6 Å². The third-order valence-electron chi connectivity index (χ3n) is 3.73. The van der Waals surface area contributed by atoms with Crippen LogP contribution in [0.2, 0.25) is 0 Å². The van der Waals surface area contributed by atoms with Crippen LogP contribution in [0.15, 0.2) is 48.8 Å². The lowest BCUT2D eigenvalue weighted by Gasteiger charge is -2.36. The fourth-order valence-corrected chi connectivity index (χ4v) is 2.62. The minimum atomic E-state index is 0.731. The average molecular weight is 268 g/mol. The van der Waals surface area contributed by atoms with Crippen molar-refractivity contribution in [2.75, 3.05) is 36.8 Å². The first-order chi connectivity index (χ1) is 9.81. The number of benzene rings is 1. The molecule has 1 aromatic heterocycles. The molecule has 104 valence electrons. The van der Waals surface area contributed by atoms with Gasteiger partial charge in [0.05, 0.1) is 17.6 Å². The third-order valence-corrected chi connectivity index (χ3v) is 3.73. The summed E-state index contributed by atoms with van der Waals surface area (Å²) in [6.07, 6.45) is 3.58. The van der Waals surface area contributed by atoms with Crippen LogP contribution in [0.1, 0.15) is 5.56 Å². The fourth-order valence-electron chi connectivity index (χ4n) is 2.62. The van der Waals surface area contributed by atoms with E-state index < -0.39 is 0 Å². The second-order valence-electron chi connectivity index (χ2n) is 5.23. The molecular weight excluding hydrogens is 248 g/mol. The maximum Gasteiger partial charge on any atom is 0.0574 e. The van der Waals surface area contributed by atoms with Crippen LogP contribution in [-0.4, -0.2) is 36.1 Å². The molecule has 0 radical (unpaired) electrons. The lowest BCUT2D eigenvalue weighted by molar-refractivity contribution is 0.250. The molecule has 4 nitrogen and oxygen atoms in total. The van der Waals surface area contributed by atoms with Crippen molar-refractivity contribution in [2.45, 2.75) is 6.54 Å². The van der Waals surface area contributed by atoms with E-state index in [1.807, 2.05) is 12.3 Å². The molecule has 0 saturated carbocycles. The van der Waals surface area contributed by atoms with Crippen LogP contribution >= 0.6 is 0 Å². The third kappa shape index (κ3) is 3.08. The van der Waals surface area contributed by atoms with Crippen molar-refractivity contribution in [3.8, 4) is 0 Å². The van der Waals surface area contributed by atoms with Gasteiger partial charge in [-0.25, -0.2) is 0 Å². The van der Waals surface area contributed by atoms with E-state index in [1.165, 1.54) is 5.56 Å². The van der Waals surface area contributed by atoms with E-state index >= 15 is 0 Å². The lowest BCUT2D eigenvalue weighted by atomic mass is 10.2. The maximum atomic E-state index is 5.80. The number of nitrogens with two attached hydrogens (primary N) is 1. The maximum absolute atomic E-state index is 5.80. The zero-order chi connectivity index (χ0) is 13.8. The van der Waals surface area contributed by atoms with Crippen molar-refractivity contribution in [1.29, 1.82) is 0 Å². The van der Waals surface area contributed by atoms with Gasteiger partial charge in [-0.15, -0.1) is 0 Å². The van der Waals surface area contributed by atoms with E-state index in [4.69, 9.17) is 5.73 Å². The van der Waals surface area contributed by atoms with Gasteiger partial charge in [-0.2, -0.15) is 0 Å². The van der Waals surface area contributed by atoms with Crippen LogP contribution in [0.4, 0.5) is 11.4 Å². The summed E-state index contributed by atoms with van der Waals surface area (Å²) in [5.41, 5.74) is 9.04. The standard InChI is InChI=1S/C16H20N4/c17-15-10-16(12-18-11-15)20-8-6-19(7-9-20)13-14-4-2-1-3-5-14/h1-5,10-12H,6-9,13,17H2. The van der Waals surface area contributed by atoms with E-state index in [0.717, 1.165) is 44.1 Å². The van der Waals surface area contributed by atoms with Gasteiger partial charge >= 0.3 is 0 Å². The van der Waals surface area contributed by atoms with Crippen LogP contribution in [0.25, 0.3) is 0 Å². The number of hydrogen-bond donors (Lipinski definition) is 1. The van der Waals surface area contributed by atoms with Crippen molar-refractivity contribution in [2.24, 2.45) is 0 Å². The molecule has 0 spiro atoms. The van der Waals surface area contributed by atoms with Crippen LogP contribution < -0.4 is 10.6 Å². The van der Waals surface area contributed by atoms with Crippen molar-refractivity contribution in [1.82, 2.24) is 9.88 Å². The predicted octanol–water partition coefficient (Wildman–Crippen LogP) is 1.99. The molecule has 1 aliphatic heterocycles. The molecule has 3 rings (SSSR count). The minimum Gasteiger partial charge on any atom is -0.397 e. The van der Waals surface area contributed by atoms with Gasteiger partial charge in [0.15, 0.2) is 0 Å². The molecule has 1 saturated heterocycles. The number of rotatable bonds is 3. The highest BCUT2D eigenvalue weighted by Gasteiger charge is 2.17. The van der Waals surface area contributed by atoms with E-state index in [9.17, 15) is 0 Å². The van der Waals surface area contributed by atoms with Gasteiger partial charge in [-0.05, 0) is 11.6 Å². The molecule has 1 aromatic carbocycles. The summed E-state index contributed by atoms with van der Waals surface area (Å²) in [7, 11) is 0. The topological polar surface area (TPSA) is 45.4 Å². The summed E-state index contributed by atoms with van der Waals surface area (Å²) < 4.78 is 0. The van der Waals surface area contributed by atoms with Crippen molar-refractivity contribution < 1.29 is 0 Å². The van der Waals surface area contributed by atoms with E-state index in [2.05, 4.69) is 45.1 Å². The summed E-state index contributed by atoms with van der Waals surface area (Å²) >= 11 is 0. The average Bonchev–Trinajstić information content (AvgIpc) is 2.49. The second-order valence-corrected chi connectivity index (χ2v) is 5.23. The van der Waals surface area contributed by atoms with Crippen LogP contribution in [0.5, 0.6) is 0 Å². The molecule has 2 aromatic rings. The van der Waals surface area contributed by atoms with E-state index in [-0.39, 0.29) is 0 Å². The molecule has 2 N–H and O–H groups in total. The van der Waals surface area contributed by atoms with E-state index in [1.54, 1.807) is 6.20 Å². The van der Waals surface area contributed by atoms with Gasteiger partial charge in [0.2, 0.25) is 0 Å². The molecular formula is C16H20N4. The predicted molar refractivity (Wildman–Crippen MR) is 82.6 cm³/mol. The molecule has 2 heterocycles. The highest BCUT2D eigenvalue weighted by atomic mass is 15.3. The monoisotopic (exact) mass is 268 g/mol. The largest absolute Gasteiger partial charge is 0.397 e. The molecule has 0 bridgehead atoms. The number of piperazine rings is 1. The first-order valence-corrected chi connectivity index (χ1v) is 7.03. The zero-order valence-electron chi connectivity index (χ0n) is 11.6. The summed E-state index contributed by atoms with van der Waals surface area (Å²) in [5, 5.41) is 0. The number of nitrogens with zero attached hydrogens (tertiary/aromatic N) is 3. The number of anilines is 2. The van der Waals surface area contributed by atoms with Crippen LogP contribution in [-0.2, 0) is 6.54 Å². The Labute approximate surface area is 119 Å². The number of pyridine rings is 1. The van der Waals surface area contributed by atoms with Crippen molar-refractivity contribution in [3.05, 3.63) is 54.4 Å². The van der Waals surface area contributed by atoms with E-state index in [0.29, 0.717) is 0 Å². The molecule has 1 aliphatic rings. The molecule has 20 heavy (non-hydrogen) atoms. The Morgan fingerprint density at radius 3 is 2.45 bits per heavy atom. The van der Waals surface area contributed by atoms with Crippen molar-refractivity contribution >= 4 is 11.4 Å². The Bertz CT molecular complexity index is 547. The summed E-state index contributed by atoms with van der Waals surface area (Å²) in [6, 6.07) is 12.6. The SMILES string of the molecule is Nc1cncc(N2CCN(Cc3ccccc3)CC2)c1. The Hall–Kier alpha value is -2.07. The first-order valence-electron chi connectivity index (χ1n) is 7.03. The van der Waals surface area contributed by atoms with Gasteiger partial charge in [0, 0.05) is 38.9 Å². The molecule has 4 heteroatoms. The number of hydrogen-bond acceptors (Lipinski definition) is 4. The Morgan fingerprint density at radius 1 is 1.00 bits per heavy atom. The van der Waals surface area contributed by atoms with Crippen LogP contribution in [0, 0.1) is 0 Å². The van der Waals surface area contributed by atoms with Gasteiger partial charge in [-0.1, -0.05) is 30.3 Å². The Balaban J connectivity index is 1.57. The highest BCUT2D eigenvalue weighted by Crippen LogP contribution is 2.18. The first kappa shape index (κ1) is 12.9. The minimum absolute atomic E-state index is 0.731. The summed E-state index contributed by atoms with van der Waals surface area (Å²) in [5.74, 6) is 0. The van der Waals surface area contributed by atoms with Gasteiger partial charge in [-0.3, -0.25) is 9.88 Å². The Kier molecular flexibility index (Phi) is 3.83. The second kappa shape index (κ2) is 5.92. The quantitative estimate of drug-likeness (QED) is 0.924. The molecule has 0 atom stereocenters. The Morgan fingerprint density at radius 2 is 1.75 bits per heavy atom. The number of aromatic nitrogens is 1. The number of nitrogen functional groups attached to an aromatic ring is 1. The smallest absolute Gasteiger partial charge is 0.0574 e. The molecule has 1 fully saturated rings. The fraction of sp³-hybridized carbons (Fsp3) is 0.312. The highest BCUT2D eigenvalue weighted by molar-refractivity contribution is 5.53.